The highest BCUT2D eigenvalue weighted by atomic mass is 32.2. The van der Waals surface area contributed by atoms with E-state index in [1.807, 2.05) is 13.0 Å². The third-order valence-electron chi connectivity index (χ3n) is 3.78. The van der Waals surface area contributed by atoms with Gasteiger partial charge in [0.1, 0.15) is 5.76 Å². The molecule has 3 rings (SSSR count). The topological polar surface area (TPSA) is 88.6 Å². The lowest BCUT2D eigenvalue weighted by Gasteiger charge is -2.22. The van der Waals surface area contributed by atoms with E-state index < -0.39 is 10.2 Å². The van der Waals surface area contributed by atoms with Gasteiger partial charge < -0.3 is 8.94 Å². The molecule has 0 bridgehead atoms. The predicted octanol–water partition coefficient (Wildman–Crippen LogP) is 2.00. The van der Waals surface area contributed by atoms with Gasteiger partial charge in [0.25, 0.3) is 10.2 Å². The zero-order valence-corrected chi connectivity index (χ0v) is 13.2. The van der Waals surface area contributed by atoms with Gasteiger partial charge in [0, 0.05) is 12.6 Å². The number of aromatic nitrogens is 1. The van der Waals surface area contributed by atoms with Crippen LogP contribution in [0.4, 0.5) is 0 Å². The molecule has 0 unspecified atom stereocenters. The van der Waals surface area contributed by atoms with Crippen molar-refractivity contribution in [2.24, 2.45) is 0 Å². The number of furan rings is 1. The summed E-state index contributed by atoms with van der Waals surface area (Å²) in [4.78, 5) is 0. The van der Waals surface area contributed by atoms with E-state index in [-0.39, 0.29) is 12.6 Å². The lowest BCUT2D eigenvalue weighted by atomic mass is 10.2. The average molecular weight is 325 g/mol. The number of hydrogen-bond acceptors (Lipinski definition) is 5. The second-order valence-corrected chi connectivity index (χ2v) is 6.96. The molecule has 22 heavy (non-hydrogen) atoms. The van der Waals surface area contributed by atoms with Crippen molar-refractivity contribution in [3.63, 3.8) is 0 Å². The van der Waals surface area contributed by atoms with Gasteiger partial charge in [-0.1, -0.05) is 12.1 Å². The zero-order chi connectivity index (χ0) is 15.6. The first-order chi connectivity index (χ1) is 10.6. The van der Waals surface area contributed by atoms with Crippen molar-refractivity contribution in [3.8, 4) is 0 Å². The Hall–Kier alpha value is -1.64. The summed E-state index contributed by atoms with van der Waals surface area (Å²) >= 11 is 0. The van der Waals surface area contributed by atoms with E-state index in [4.69, 9.17) is 8.94 Å². The largest absolute Gasteiger partial charge is 0.468 e. The number of rotatable bonds is 6. The Morgan fingerprint density at radius 2 is 2.36 bits per heavy atom. The summed E-state index contributed by atoms with van der Waals surface area (Å²) in [7, 11) is -3.60. The first kappa shape index (κ1) is 15.3. The molecular weight excluding hydrogens is 306 g/mol. The molecule has 1 aliphatic rings. The van der Waals surface area contributed by atoms with Crippen LogP contribution in [-0.4, -0.2) is 24.4 Å². The molecule has 120 valence electrons. The minimum atomic E-state index is -3.60. The Morgan fingerprint density at radius 3 is 3.05 bits per heavy atom. The van der Waals surface area contributed by atoms with E-state index in [2.05, 4.69) is 9.88 Å². The van der Waals surface area contributed by atoms with Gasteiger partial charge in [-0.05, 0) is 31.4 Å². The van der Waals surface area contributed by atoms with Crippen LogP contribution in [-0.2, 0) is 23.2 Å². The maximum atomic E-state index is 12.5. The van der Waals surface area contributed by atoms with Crippen LogP contribution in [0, 0.1) is 0 Å². The fourth-order valence-electron chi connectivity index (χ4n) is 2.64. The number of hydrogen-bond donors (Lipinski definition) is 1. The summed E-state index contributed by atoms with van der Waals surface area (Å²) in [5.74, 6) is 1.19. The van der Waals surface area contributed by atoms with Gasteiger partial charge in [-0.2, -0.15) is 17.4 Å². The van der Waals surface area contributed by atoms with Crippen LogP contribution in [0.15, 0.2) is 33.4 Å². The van der Waals surface area contributed by atoms with E-state index in [0.29, 0.717) is 18.1 Å². The second kappa shape index (κ2) is 6.23. The van der Waals surface area contributed by atoms with Crippen molar-refractivity contribution in [3.05, 3.63) is 41.7 Å². The van der Waals surface area contributed by atoms with Crippen molar-refractivity contribution in [1.82, 2.24) is 14.2 Å². The molecule has 0 aromatic carbocycles. The number of aryl methyl sites for hydroxylation is 1. The summed E-state index contributed by atoms with van der Waals surface area (Å²) in [6.07, 6.45) is 3.89. The van der Waals surface area contributed by atoms with Gasteiger partial charge in [-0.15, -0.1) is 0 Å². The minimum absolute atomic E-state index is 0.0940. The summed E-state index contributed by atoms with van der Waals surface area (Å²) in [5.41, 5.74) is 0.809. The fourth-order valence-corrected chi connectivity index (χ4v) is 4.05. The van der Waals surface area contributed by atoms with Crippen LogP contribution in [0.25, 0.3) is 0 Å². The van der Waals surface area contributed by atoms with Crippen molar-refractivity contribution in [2.45, 2.75) is 38.8 Å². The van der Waals surface area contributed by atoms with Crippen LogP contribution in [0.2, 0.25) is 0 Å². The molecule has 2 aromatic rings. The Morgan fingerprint density at radius 1 is 1.50 bits per heavy atom. The molecule has 0 saturated carbocycles. The van der Waals surface area contributed by atoms with Gasteiger partial charge in [0.05, 0.1) is 24.5 Å². The van der Waals surface area contributed by atoms with Crippen LogP contribution in [0.3, 0.4) is 0 Å². The Labute approximate surface area is 129 Å². The Bertz CT molecular complexity index is 708. The number of nitrogens with zero attached hydrogens (tertiary/aromatic N) is 2. The lowest BCUT2D eigenvalue weighted by Crippen LogP contribution is -2.39. The molecule has 1 saturated heterocycles. The Balaban J connectivity index is 1.69. The molecule has 1 fully saturated rings. The SMILES string of the molecule is CCc1cc(CNS(=O)(=O)N2CCC[C@H]2c2ccco2)on1. The van der Waals surface area contributed by atoms with Crippen molar-refractivity contribution >= 4 is 10.2 Å². The van der Waals surface area contributed by atoms with Gasteiger partial charge in [-0.3, -0.25) is 0 Å². The van der Waals surface area contributed by atoms with E-state index in [1.165, 1.54) is 4.31 Å². The highest BCUT2D eigenvalue weighted by molar-refractivity contribution is 7.87. The van der Waals surface area contributed by atoms with Gasteiger partial charge in [0.15, 0.2) is 5.76 Å². The molecule has 0 spiro atoms. The van der Waals surface area contributed by atoms with Gasteiger partial charge >= 0.3 is 0 Å². The highest BCUT2D eigenvalue weighted by Gasteiger charge is 2.36. The van der Waals surface area contributed by atoms with Crippen molar-refractivity contribution in [2.75, 3.05) is 6.54 Å². The minimum Gasteiger partial charge on any atom is -0.468 e. The second-order valence-electron chi connectivity index (χ2n) is 5.25. The molecule has 8 heteroatoms. The maximum Gasteiger partial charge on any atom is 0.280 e. The van der Waals surface area contributed by atoms with E-state index >= 15 is 0 Å². The summed E-state index contributed by atoms with van der Waals surface area (Å²) in [5, 5.41) is 3.85. The highest BCUT2D eigenvalue weighted by Crippen LogP contribution is 2.33. The van der Waals surface area contributed by atoms with Crippen LogP contribution < -0.4 is 4.72 Å². The van der Waals surface area contributed by atoms with Gasteiger partial charge in [0.2, 0.25) is 0 Å². The quantitative estimate of drug-likeness (QED) is 0.877. The van der Waals surface area contributed by atoms with E-state index in [1.54, 1.807) is 18.4 Å². The summed E-state index contributed by atoms with van der Waals surface area (Å²) < 4.78 is 39.5. The predicted molar refractivity (Wildman–Crippen MR) is 79.0 cm³/mol. The first-order valence-corrected chi connectivity index (χ1v) is 8.78. The lowest BCUT2D eigenvalue weighted by molar-refractivity contribution is 0.332. The van der Waals surface area contributed by atoms with Crippen molar-refractivity contribution < 1.29 is 17.4 Å². The maximum absolute atomic E-state index is 12.5. The van der Waals surface area contributed by atoms with Crippen LogP contribution in [0.1, 0.15) is 43.0 Å². The molecule has 2 aromatic heterocycles. The zero-order valence-electron chi connectivity index (χ0n) is 12.4. The normalized spacial score (nSPS) is 19.8. The van der Waals surface area contributed by atoms with Crippen LogP contribution >= 0.6 is 0 Å². The smallest absolute Gasteiger partial charge is 0.280 e. The summed E-state index contributed by atoms with van der Waals surface area (Å²) in [6.45, 7) is 2.54. The monoisotopic (exact) mass is 325 g/mol. The third kappa shape index (κ3) is 3.08. The average Bonchev–Trinajstić information content (AvgIpc) is 3.23. The fraction of sp³-hybridized carbons (Fsp3) is 0.500. The molecule has 0 amide bonds. The Kier molecular flexibility index (Phi) is 4.32. The molecule has 7 nitrogen and oxygen atoms in total. The number of nitrogens with one attached hydrogen (secondary N) is 1. The molecule has 1 N–H and O–H groups in total. The standard InChI is InChI=1S/C14H19N3O4S/c1-2-11-9-12(21-16-11)10-15-22(18,19)17-7-3-5-13(17)14-6-4-8-20-14/h4,6,8-9,13,15H,2-3,5,7,10H2,1H3/t13-/m0/s1. The summed E-state index contributed by atoms with van der Waals surface area (Å²) in [6, 6.07) is 5.10. The molecule has 1 atom stereocenters. The van der Waals surface area contributed by atoms with Crippen molar-refractivity contribution in [1.29, 1.82) is 0 Å². The van der Waals surface area contributed by atoms with Crippen LogP contribution in [0.5, 0.6) is 0 Å². The third-order valence-corrected chi connectivity index (χ3v) is 5.35. The molecular formula is C14H19N3O4S. The van der Waals surface area contributed by atoms with E-state index in [9.17, 15) is 8.42 Å². The first-order valence-electron chi connectivity index (χ1n) is 7.34. The molecule has 0 aliphatic carbocycles. The molecule has 0 radical (unpaired) electrons. The van der Waals surface area contributed by atoms with E-state index in [0.717, 1.165) is 25.0 Å². The van der Waals surface area contributed by atoms with Gasteiger partial charge in [-0.25, -0.2) is 0 Å². The molecule has 1 aliphatic heterocycles. The molecule has 3 heterocycles.